The van der Waals surface area contributed by atoms with Gasteiger partial charge >= 0.3 is 12.1 Å². The summed E-state index contributed by atoms with van der Waals surface area (Å²) in [6.07, 6.45) is -0.590. The topological polar surface area (TPSA) is 75.6 Å². The summed E-state index contributed by atoms with van der Waals surface area (Å²) in [5, 5.41) is 12.2. The van der Waals surface area contributed by atoms with Crippen molar-refractivity contribution in [2.45, 2.75) is 45.8 Å². The molecule has 1 amide bonds. The molecule has 0 aliphatic heterocycles. The van der Waals surface area contributed by atoms with Crippen LogP contribution in [0.4, 0.5) is 4.79 Å². The zero-order valence-corrected chi connectivity index (χ0v) is 13.3. The quantitative estimate of drug-likeness (QED) is 0.895. The van der Waals surface area contributed by atoms with Crippen LogP contribution in [0.25, 0.3) is 0 Å². The van der Waals surface area contributed by atoms with Gasteiger partial charge in [0.1, 0.15) is 11.6 Å². The van der Waals surface area contributed by atoms with Gasteiger partial charge in [-0.2, -0.15) is 0 Å². The van der Waals surface area contributed by atoms with E-state index in [1.54, 1.807) is 39.0 Å². The number of alkyl carbamates (subject to hydrolysis) is 1. The molecule has 0 heterocycles. The van der Waals surface area contributed by atoms with Crippen LogP contribution < -0.4 is 5.32 Å². The average molecular weight is 314 g/mol. The van der Waals surface area contributed by atoms with Crippen molar-refractivity contribution < 1.29 is 19.4 Å². The van der Waals surface area contributed by atoms with E-state index in [9.17, 15) is 14.7 Å². The van der Waals surface area contributed by atoms with Gasteiger partial charge in [0.2, 0.25) is 0 Å². The van der Waals surface area contributed by atoms with Crippen LogP contribution in [-0.4, -0.2) is 28.8 Å². The Kier molecular flexibility index (Phi) is 5.61. The van der Waals surface area contributed by atoms with E-state index in [1.165, 1.54) is 0 Å². The highest BCUT2D eigenvalue weighted by Gasteiger charge is 2.24. The first-order valence-corrected chi connectivity index (χ1v) is 6.93. The second kappa shape index (κ2) is 6.80. The fraction of sp³-hybridized carbons (Fsp3) is 0.467. The van der Waals surface area contributed by atoms with Gasteiger partial charge in [-0.05, 0) is 44.9 Å². The third-order valence-corrected chi connectivity index (χ3v) is 3.08. The van der Waals surface area contributed by atoms with Crippen LogP contribution in [0.1, 0.15) is 31.9 Å². The molecule has 2 N–H and O–H groups in total. The summed E-state index contributed by atoms with van der Waals surface area (Å²) in [5.41, 5.74) is 0.959. The molecule has 0 radical (unpaired) electrons. The smallest absolute Gasteiger partial charge is 0.408 e. The maximum atomic E-state index is 11.7. The molecule has 0 aromatic heterocycles. The lowest BCUT2D eigenvalue weighted by Crippen LogP contribution is -2.44. The van der Waals surface area contributed by atoms with Crippen LogP contribution in [0, 0.1) is 6.92 Å². The Hall–Kier alpha value is -1.75. The largest absolute Gasteiger partial charge is 0.480 e. The minimum absolute atomic E-state index is 0.159. The predicted molar refractivity (Wildman–Crippen MR) is 80.7 cm³/mol. The standard InChI is InChI=1S/C15H20ClNO4/c1-9-7-10(5-6-11(9)16)8-12(13(18)19)17-14(20)21-15(2,3)4/h5-7,12H,8H2,1-4H3,(H,17,20)(H,18,19)/t12-/m0/s1. The van der Waals surface area contributed by atoms with Gasteiger partial charge in [0.25, 0.3) is 0 Å². The van der Waals surface area contributed by atoms with E-state index in [2.05, 4.69) is 5.32 Å². The molecule has 6 heteroatoms. The molecule has 0 saturated carbocycles. The lowest BCUT2D eigenvalue weighted by atomic mass is 10.0. The molecule has 1 aromatic rings. The number of rotatable bonds is 4. The van der Waals surface area contributed by atoms with Crippen molar-refractivity contribution in [1.82, 2.24) is 5.32 Å². The number of aryl methyl sites for hydroxylation is 1. The number of hydrogen-bond acceptors (Lipinski definition) is 3. The SMILES string of the molecule is Cc1cc(C[C@H](NC(=O)OC(C)(C)C)C(=O)O)ccc1Cl. The highest BCUT2D eigenvalue weighted by atomic mass is 35.5. The maximum Gasteiger partial charge on any atom is 0.408 e. The molecule has 0 aliphatic carbocycles. The van der Waals surface area contributed by atoms with Crippen LogP contribution in [0.3, 0.4) is 0 Å². The molecule has 1 atom stereocenters. The first-order chi connectivity index (χ1) is 9.58. The molecule has 1 aromatic carbocycles. The molecule has 0 fully saturated rings. The lowest BCUT2D eigenvalue weighted by molar-refractivity contribution is -0.139. The minimum atomic E-state index is -1.12. The number of halogens is 1. The van der Waals surface area contributed by atoms with Crippen LogP contribution in [0.15, 0.2) is 18.2 Å². The maximum absolute atomic E-state index is 11.7. The summed E-state index contributed by atoms with van der Waals surface area (Å²) >= 11 is 5.93. The monoisotopic (exact) mass is 313 g/mol. The summed E-state index contributed by atoms with van der Waals surface area (Å²) in [5.74, 6) is -1.12. The highest BCUT2D eigenvalue weighted by Crippen LogP contribution is 2.17. The number of nitrogens with one attached hydrogen (secondary N) is 1. The van der Waals surface area contributed by atoms with Crippen LogP contribution >= 0.6 is 11.6 Å². The van der Waals surface area contributed by atoms with Gasteiger partial charge in [0, 0.05) is 11.4 Å². The number of carbonyl (C=O) groups excluding carboxylic acids is 1. The second-order valence-corrected chi connectivity index (χ2v) is 6.23. The Morgan fingerprint density at radius 2 is 2.00 bits per heavy atom. The third kappa shape index (κ3) is 6.04. The number of hydrogen-bond donors (Lipinski definition) is 2. The Labute approximate surface area is 129 Å². The molecule has 1 rings (SSSR count). The lowest BCUT2D eigenvalue weighted by Gasteiger charge is -2.22. The summed E-state index contributed by atoms with van der Waals surface area (Å²) in [6, 6.07) is 4.19. The first-order valence-electron chi connectivity index (χ1n) is 6.56. The summed E-state index contributed by atoms with van der Waals surface area (Å²) in [4.78, 5) is 22.9. The van der Waals surface area contributed by atoms with Crippen molar-refractivity contribution in [2.75, 3.05) is 0 Å². The van der Waals surface area contributed by atoms with E-state index in [-0.39, 0.29) is 6.42 Å². The van der Waals surface area contributed by atoms with Crippen molar-refractivity contribution in [3.8, 4) is 0 Å². The number of amides is 1. The number of carbonyl (C=O) groups is 2. The number of carboxylic acid groups (broad SMARTS) is 1. The summed E-state index contributed by atoms with van der Waals surface area (Å²) < 4.78 is 5.06. The van der Waals surface area contributed by atoms with E-state index < -0.39 is 23.7 Å². The van der Waals surface area contributed by atoms with E-state index >= 15 is 0 Å². The molecule has 0 unspecified atom stereocenters. The zero-order valence-electron chi connectivity index (χ0n) is 12.6. The number of carboxylic acids is 1. The van der Waals surface area contributed by atoms with Gasteiger partial charge in [-0.3, -0.25) is 0 Å². The van der Waals surface area contributed by atoms with Gasteiger partial charge in [-0.25, -0.2) is 9.59 Å². The van der Waals surface area contributed by atoms with Crippen molar-refractivity contribution >= 4 is 23.7 Å². The molecule has 21 heavy (non-hydrogen) atoms. The Bertz CT molecular complexity index is 537. The Morgan fingerprint density at radius 1 is 1.38 bits per heavy atom. The normalized spacial score (nSPS) is 12.6. The molecule has 0 aliphatic rings. The molecular weight excluding hydrogens is 294 g/mol. The van der Waals surface area contributed by atoms with E-state index in [0.717, 1.165) is 11.1 Å². The Morgan fingerprint density at radius 3 is 2.48 bits per heavy atom. The molecule has 0 spiro atoms. The summed E-state index contributed by atoms with van der Waals surface area (Å²) in [7, 11) is 0. The van der Waals surface area contributed by atoms with Gasteiger partial charge < -0.3 is 15.2 Å². The highest BCUT2D eigenvalue weighted by molar-refractivity contribution is 6.31. The van der Waals surface area contributed by atoms with Crippen molar-refractivity contribution in [1.29, 1.82) is 0 Å². The number of ether oxygens (including phenoxy) is 1. The second-order valence-electron chi connectivity index (χ2n) is 5.82. The molecule has 0 saturated heterocycles. The van der Waals surface area contributed by atoms with Gasteiger partial charge in [0.05, 0.1) is 0 Å². The van der Waals surface area contributed by atoms with Gasteiger partial charge in [0.15, 0.2) is 0 Å². The number of benzene rings is 1. The van der Waals surface area contributed by atoms with Crippen molar-refractivity contribution in [2.24, 2.45) is 0 Å². The van der Waals surface area contributed by atoms with Gasteiger partial charge in [-0.15, -0.1) is 0 Å². The van der Waals surface area contributed by atoms with Crippen molar-refractivity contribution in [3.63, 3.8) is 0 Å². The third-order valence-electron chi connectivity index (χ3n) is 2.65. The fourth-order valence-electron chi connectivity index (χ4n) is 1.72. The first kappa shape index (κ1) is 17.3. The zero-order chi connectivity index (χ0) is 16.2. The molecule has 5 nitrogen and oxygen atoms in total. The summed E-state index contributed by atoms with van der Waals surface area (Å²) in [6.45, 7) is 6.98. The average Bonchev–Trinajstić information content (AvgIpc) is 2.30. The van der Waals surface area contributed by atoms with E-state index in [0.29, 0.717) is 5.02 Å². The van der Waals surface area contributed by atoms with Crippen LogP contribution in [0.2, 0.25) is 5.02 Å². The minimum Gasteiger partial charge on any atom is -0.480 e. The van der Waals surface area contributed by atoms with E-state index in [1.807, 2.05) is 6.92 Å². The van der Waals surface area contributed by atoms with E-state index in [4.69, 9.17) is 16.3 Å². The van der Waals surface area contributed by atoms with Gasteiger partial charge in [-0.1, -0.05) is 23.7 Å². The van der Waals surface area contributed by atoms with Crippen molar-refractivity contribution in [3.05, 3.63) is 34.3 Å². The molecular formula is C15H20ClNO4. The fourth-order valence-corrected chi connectivity index (χ4v) is 1.84. The molecule has 116 valence electrons. The molecule has 0 bridgehead atoms. The van der Waals surface area contributed by atoms with Crippen LogP contribution in [-0.2, 0) is 16.0 Å². The predicted octanol–water partition coefficient (Wildman–Crippen LogP) is 3.17. The van der Waals surface area contributed by atoms with Crippen LogP contribution in [0.5, 0.6) is 0 Å². The number of aliphatic carboxylic acids is 1. The Balaban J connectivity index is 2.76.